The normalized spacial score (nSPS) is 13.0. The smallest absolute Gasteiger partial charge is 0.181 e. The van der Waals surface area contributed by atoms with Gasteiger partial charge in [-0.3, -0.25) is 4.90 Å². The average Bonchev–Trinajstić information content (AvgIpc) is 2.78. The molecule has 84 valence electrons. The van der Waals surface area contributed by atoms with Crippen LogP contribution in [-0.2, 0) is 0 Å². The van der Waals surface area contributed by atoms with Gasteiger partial charge in [0.25, 0.3) is 0 Å². The first kappa shape index (κ1) is 10.8. The molecule has 16 heavy (non-hydrogen) atoms. The Balaban J connectivity index is 2.27. The van der Waals surface area contributed by atoms with Crippen molar-refractivity contribution < 1.29 is 4.52 Å². The van der Waals surface area contributed by atoms with Gasteiger partial charge in [-0.05, 0) is 27.1 Å². The fourth-order valence-electron chi connectivity index (χ4n) is 1.28. The van der Waals surface area contributed by atoms with E-state index in [1.807, 2.05) is 20.2 Å². The van der Waals surface area contributed by atoms with E-state index < -0.39 is 0 Å². The van der Waals surface area contributed by atoms with Gasteiger partial charge in [0, 0.05) is 18.5 Å². The molecule has 0 amide bonds. The second-order valence-electron chi connectivity index (χ2n) is 3.83. The Morgan fingerprint density at radius 1 is 1.25 bits per heavy atom. The predicted molar refractivity (Wildman–Crippen MR) is 59.6 cm³/mol. The first-order valence-corrected chi connectivity index (χ1v) is 5.09. The number of hydrogen-bond acceptors (Lipinski definition) is 5. The van der Waals surface area contributed by atoms with Gasteiger partial charge >= 0.3 is 0 Å². The molecular weight excluding hydrogens is 204 g/mol. The molecule has 1 unspecified atom stereocenters. The lowest BCUT2D eigenvalue weighted by atomic mass is 10.2. The van der Waals surface area contributed by atoms with Crippen LogP contribution in [0.1, 0.15) is 18.7 Å². The topological polar surface area (TPSA) is 55.1 Å². The summed E-state index contributed by atoms with van der Waals surface area (Å²) in [7, 11) is 3.98. The molecule has 1 atom stereocenters. The molecule has 5 nitrogen and oxygen atoms in total. The van der Waals surface area contributed by atoms with Crippen LogP contribution < -0.4 is 0 Å². The summed E-state index contributed by atoms with van der Waals surface area (Å²) >= 11 is 0. The van der Waals surface area contributed by atoms with Gasteiger partial charge in [0.15, 0.2) is 17.3 Å². The number of aromatic nitrogens is 3. The highest BCUT2D eigenvalue weighted by Crippen LogP contribution is 2.21. The van der Waals surface area contributed by atoms with Crippen molar-refractivity contribution >= 4 is 0 Å². The Morgan fingerprint density at radius 3 is 2.56 bits per heavy atom. The molecule has 2 rings (SSSR count). The third kappa shape index (κ3) is 2.09. The Labute approximate surface area is 94.1 Å². The van der Waals surface area contributed by atoms with E-state index in [4.69, 9.17) is 4.52 Å². The van der Waals surface area contributed by atoms with Crippen LogP contribution in [0.3, 0.4) is 0 Å². The molecule has 2 aromatic rings. The first-order chi connectivity index (χ1) is 7.68. The van der Waals surface area contributed by atoms with Crippen molar-refractivity contribution in [2.75, 3.05) is 14.1 Å². The van der Waals surface area contributed by atoms with Crippen molar-refractivity contribution in [3.05, 3.63) is 30.3 Å². The Kier molecular flexibility index (Phi) is 2.96. The molecule has 0 fully saturated rings. The van der Waals surface area contributed by atoms with E-state index in [1.54, 1.807) is 18.5 Å². The van der Waals surface area contributed by atoms with Gasteiger partial charge < -0.3 is 4.52 Å². The van der Waals surface area contributed by atoms with Gasteiger partial charge in [-0.2, -0.15) is 0 Å². The quantitative estimate of drug-likeness (QED) is 0.785. The average molecular weight is 218 g/mol. The maximum absolute atomic E-state index is 5.27. The first-order valence-electron chi connectivity index (χ1n) is 5.09. The van der Waals surface area contributed by atoms with Crippen molar-refractivity contribution in [3.8, 4) is 11.5 Å². The van der Waals surface area contributed by atoms with Crippen molar-refractivity contribution in [2.45, 2.75) is 13.0 Å². The van der Waals surface area contributed by atoms with E-state index in [1.165, 1.54) is 0 Å². The van der Waals surface area contributed by atoms with Crippen molar-refractivity contribution in [1.29, 1.82) is 0 Å². The molecule has 0 aromatic carbocycles. The highest BCUT2D eigenvalue weighted by Gasteiger charge is 2.15. The molecule has 0 aliphatic carbocycles. The van der Waals surface area contributed by atoms with Crippen LogP contribution in [0.15, 0.2) is 29.0 Å². The highest BCUT2D eigenvalue weighted by molar-refractivity contribution is 5.47. The van der Waals surface area contributed by atoms with E-state index in [-0.39, 0.29) is 6.04 Å². The fraction of sp³-hybridized carbons (Fsp3) is 0.364. The predicted octanol–water partition coefficient (Wildman–Crippen LogP) is 1.75. The van der Waals surface area contributed by atoms with Crippen LogP contribution in [0, 0.1) is 0 Å². The molecule has 0 aliphatic heterocycles. The fourth-order valence-corrected chi connectivity index (χ4v) is 1.28. The van der Waals surface area contributed by atoms with Crippen LogP contribution in [0.4, 0.5) is 0 Å². The van der Waals surface area contributed by atoms with E-state index in [0.717, 1.165) is 5.76 Å². The Morgan fingerprint density at radius 2 is 1.94 bits per heavy atom. The van der Waals surface area contributed by atoms with E-state index in [2.05, 4.69) is 26.9 Å². The minimum atomic E-state index is 0.185. The number of nitrogens with zero attached hydrogens (tertiary/aromatic N) is 4. The van der Waals surface area contributed by atoms with Gasteiger partial charge in [0.1, 0.15) is 0 Å². The summed E-state index contributed by atoms with van der Waals surface area (Å²) in [6.07, 6.45) is 3.37. The summed E-state index contributed by atoms with van der Waals surface area (Å²) in [4.78, 5) is 10.3. The van der Waals surface area contributed by atoms with Gasteiger partial charge in [0.2, 0.25) is 0 Å². The molecule has 0 saturated heterocycles. The third-order valence-electron chi connectivity index (χ3n) is 2.51. The maximum atomic E-state index is 5.27. The standard InChI is InChI=1S/C11H14N4O/c1-8(15(2)3)10-7-9(14-16-10)11-12-5-4-6-13-11/h4-8H,1-3H3. The van der Waals surface area contributed by atoms with Crippen molar-refractivity contribution in [1.82, 2.24) is 20.0 Å². The molecule has 2 aromatic heterocycles. The molecule has 5 heteroatoms. The summed E-state index contributed by atoms with van der Waals surface area (Å²) in [5, 5.41) is 3.96. The van der Waals surface area contributed by atoms with Crippen LogP contribution in [-0.4, -0.2) is 34.1 Å². The number of hydrogen-bond donors (Lipinski definition) is 0. The summed E-state index contributed by atoms with van der Waals surface area (Å²) in [6.45, 7) is 2.05. The lowest BCUT2D eigenvalue weighted by Crippen LogP contribution is -2.15. The highest BCUT2D eigenvalue weighted by atomic mass is 16.5. The second-order valence-corrected chi connectivity index (χ2v) is 3.83. The Bertz CT molecular complexity index is 452. The van der Waals surface area contributed by atoms with Gasteiger partial charge in [0.05, 0.1) is 6.04 Å². The minimum absolute atomic E-state index is 0.185. The molecule has 0 spiro atoms. The molecular formula is C11H14N4O. The molecule has 2 heterocycles. The molecule has 0 N–H and O–H groups in total. The summed E-state index contributed by atoms with van der Waals surface area (Å²) in [6, 6.07) is 3.83. The zero-order valence-electron chi connectivity index (χ0n) is 9.58. The maximum Gasteiger partial charge on any atom is 0.181 e. The monoisotopic (exact) mass is 218 g/mol. The minimum Gasteiger partial charge on any atom is -0.359 e. The van der Waals surface area contributed by atoms with Crippen LogP contribution >= 0.6 is 0 Å². The van der Waals surface area contributed by atoms with Crippen LogP contribution in [0.2, 0.25) is 0 Å². The molecule has 0 aliphatic rings. The number of rotatable bonds is 3. The van der Waals surface area contributed by atoms with E-state index in [9.17, 15) is 0 Å². The lowest BCUT2D eigenvalue weighted by Gasteiger charge is -2.15. The summed E-state index contributed by atoms with van der Waals surface area (Å²) in [5.41, 5.74) is 0.671. The van der Waals surface area contributed by atoms with Gasteiger partial charge in [-0.15, -0.1) is 0 Å². The molecule has 0 bridgehead atoms. The van der Waals surface area contributed by atoms with Crippen LogP contribution in [0.5, 0.6) is 0 Å². The lowest BCUT2D eigenvalue weighted by molar-refractivity contribution is 0.253. The van der Waals surface area contributed by atoms with Crippen molar-refractivity contribution in [3.63, 3.8) is 0 Å². The SMILES string of the molecule is CC(c1cc(-c2ncccn2)no1)N(C)C. The zero-order chi connectivity index (χ0) is 11.5. The van der Waals surface area contributed by atoms with Crippen LogP contribution in [0.25, 0.3) is 11.5 Å². The largest absolute Gasteiger partial charge is 0.359 e. The zero-order valence-corrected chi connectivity index (χ0v) is 9.58. The van der Waals surface area contributed by atoms with Gasteiger partial charge in [-0.1, -0.05) is 5.16 Å². The van der Waals surface area contributed by atoms with E-state index >= 15 is 0 Å². The molecule has 0 saturated carbocycles. The Hall–Kier alpha value is -1.75. The van der Waals surface area contributed by atoms with E-state index in [0.29, 0.717) is 11.5 Å². The summed E-state index contributed by atoms with van der Waals surface area (Å²) < 4.78 is 5.27. The second kappa shape index (κ2) is 4.40. The summed E-state index contributed by atoms with van der Waals surface area (Å²) in [5.74, 6) is 1.40. The van der Waals surface area contributed by atoms with Gasteiger partial charge in [-0.25, -0.2) is 9.97 Å². The van der Waals surface area contributed by atoms with Crippen molar-refractivity contribution in [2.24, 2.45) is 0 Å². The third-order valence-corrected chi connectivity index (χ3v) is 2.51. The molecule has 0 radical (unpaired) electrons.